The molecule has 188 valence electrons. The highest BCUT2D eigenvalue weighted by Gasteiger charge is 2.19. The van der Waals surface area contributed by atoms with Crippen LogP contribution in [-0.2, 0) is 9.84 Å². The van der Waals surface area contributed by atoms with Crippen LogP contribution in [0.3, 0.4) is 0 Å². The molecule has 5 rings (SSSR count). The van der Waals surface area contributed by atoms with Crippen molar-refractivity contribution in [1.29, 1.82) is 0 Å². The highest BCUT2D eigenvalue weighted by molar-refractivity contribution is 7.90. The van der Waals surface area contributed by atoms with E-state index in [-0.39, 0.29) is 11.0 Å². The van der Waals surface area contributed by atoms with Crippen molar-refractivity contribution >= 4 is 32.8 Å². The van der Waals surface area contributed by atoms with E-state index in [0.29, 0.717) is 18.1 Å². The van der Waals surface area contributed by atoms with Gasteiger partial charge in [-0.2, -0.15) is 4.98 Å². The fourth-order valence-corrected chi connectivity index (χ4v) is 5.17. The number of hydrogen-bond acceptors (Lipinski definition) is 8. The number of aliphatic hydroxyl groups excluding tert-OH is 1. The summed E-state index contributed by atoms with van der Waals surface area (Å²) in [5.41, 5.74) is 4.43. The van der Waals surface area contributed by atoms with Gasteiger partial charge in [0.25, 0.3) is 0 Å². The molecule has 36 heavy (non-hydrogen) atoms. The van der Waals surface area contributed by atoms with Crippen LogP contribution in [0.15, 0.2) is 71.8 Å². The number of benzene rings is 2. The molecule has 4 aromatic rings. The Morgan fingerprint density at radius 2 is 1.78 bits per heavy atom. The third-order valence-electron chi connectivity index (χ3n) is 6.32. The van der Waals surface area contributed by atoms with Gasteiger partial charge in [-0.15, -0.1) is 5.10 Å². The Bertz CT molecular complexity index is 1460. The van der Waals surface area contributed by atoms with Crippen molar-refractivity contribution < 1.29 is 13.5 Å². The summed E-state index contributed by atoms with van der Waals surface area (Å²) in [6, 6.07) is 18.8. The molecule has 0 amide bonds. The monoisotopic (exact) mass is 506 g/mol. The van der Waals surface area contributed by atoms with Gasteiger partial charge in [-0.3, -0.25) is 4.90 Å². The molecule has 2 aromatic heterocycles. The van der Waals surface area contributed by atoms with Gasteiger partial charge in [0.05, 0.1) is 11.0 Å². The maximum Gasteiger partial charge on any atom is 0.247 e. The van der Waals surface area contributed by atoms with E-state index in [0.717, 1.165) is 48.7 Å². The molecule has 1 unspecified atom stereocenters. The van der Waals surface area contributed by atoms with Gasteiger partial charge in [-0.1, -0.05) is 18.2 Å². The molecule has 1 atom stereocenters. The number of aliphatic hydroxyl groups is 1. The number of nitrogens with zero attached hydrogens (tertiary/aromatic N) is 5. The molecule has 0 bridgehead atoms. The van der Waals surface area contributed by atoms with Gasteiger partial charge in [-0.25, -0.2) is 12.9 Å². The minimum Gasteiger partial charge on any atom is -0.392 e. The van der Waals surface area contributed by atoms with Crippen molar-refractivity contribution in [3.63, 3.8) is 0 Å². The van der Waals surface area contributed by atoms with E-state index >= 15 is 0 Å². The number of hydrogen-bond donors (Lipinski definition) is 2. The van der Waals surface area contributed by atoms with Crippen LogP contribution in [0.1, 0.15) is 6.92 Å². The third kappa shape index (κ3) is 5.35. The number of fused-ring (bicyclic) bond motifs is 1. The van der Waals surface area contributed by atoms with E-state index in [2.05, 4.69) is 32.3 Å². The Labute approximate surface area is 210 Å². The summed E-state index contributed by atoms with van der Waals surface area (Å²) in [4.78, 5) is 9.63. The fourth-order valence-electron chi connectivity index (χ4n) is 4.54. The molecule has 10 heteroatoms. The molecular formula is C26H30N6O3S. The number of anilines is 3. The second-order valence-electron chi connectivity index (χ2n) is 9.23. The summed E-state index contributed by atoms with van der Waals surface area (Å²) >= 11 is 0. The first kappa shape index (κ1) is 24.2. The lowest BCUT2D eigenvalue weighted by Gasteiger charge is -2.36. The van der Waals surface area contributed by atoms with Crippen molar-refractivity contribution in [3.8, 4) is 11.1 Å². The molecule has 1 saturated heterocycles. The number of aromatic nitrogens is 3. The van der Waals surface area contributed by atoms with Crippen molar-refractivity contribution in [2.45, 2.75) is 17.9 Å². The summed E-state index contributed by atoms with van der Waals surface area (Å²) in [6.45, 7) is 6.19. The molecule has 0 saturated carbocycles. The van der Waals surface area contributed by atoms with E-state index < -0.39 is 9.84 Å². The zero-order chi connectivity index (χ0) is 25.3. The molecule has 0 spiro atoms. The molecule has 9 nitrogen and oxygen atoms in total. The largest absolute Gasteiger partial charge is 0.392 e. The minimum absolute atomic E-state index is 0.284. The molecule has 3 heterocycles. The molecular weight excluding hydrogens is 476 g/mol. The van der Waals surface area contributed by atoms with Crippen LogP contribution in [0.5, 0.6) is 0 Å². The first-order chi connectivity index (χ1) is 17.3. The molecule has 0 radical (unpaired) electrons. The van der Waals surface area contributed by atoms with Crippen LogP contribution in [0.2, 0.25) is 0 Å². The topological polar surface area (TPSA) is 103 Å². The molecule has 2 aromatic carbocycles. The van der Waals surface area contributed by atoms with Crippen molar-refractivity contribution in [1.82, 2.24) is 19.5 Å². The Kier molecular flexibility index (Phi) is 6.65. The number of nitrogens with one attached hydrogen (secondary N) is 1. The highest BCUT2D eigenvalue weighted by Crippen LogP contribution is 2.27. The predicted molar refractivity (Wildman–Crippen MR) is 142 cm³/mol. The van der Waals surface area contributed by atoms with Crippen LogP contribution in [0.4, 0.5) is 17.3 Å². The summed E-state index contributed by atoms with van der Waals surface area (Å²) in [5.74, 6) is 0.481. The van der Waals surface area contributed by atoms with Crippen molar-refractivity contribution in [3.05, 3.63) is 66.9 Å². The highest BCUT2D eigenvalue weighted by atomic mass is 32.2. The predicted octanol–water partition coefficient (Wildman–Crippen LogP) is 3.05. The first-order valence-corrected chi connectivity index (χ1v) is 13.8. The number of rotatable bonds is 7. The maximum atomic E-state index is 11.8. The van der Waals surface area contributed by atoms with E-state index in [1.807, 2.05) is 37.4 Å². The average molecular weight is 507 g/mol. The van der Waals surface area contributed by atoms with Gasteiger partial charge in [0.2, 0.25) is 5.95 Å². The van der Waals surface area contributed by atoms with Crippen molar-refractivity contribution in [2.24, 2.45) is 0 Å². The quantitative estimate of drug-likeness (QED) is 0.394. The smallest absolute Gasteiger partial charge is 0.247 e. The molecule has 1 fully saturated rings. The summed E-state index contributed by atoms with van der Waals surface area (Å²) in [6.07, 6.45) is 2.73. The second kappa shape index (κ2) is 9.88. The van der Waals surface area contributed by atoms with Gasteiger partial charge in [0.1, 0.15) is 0 Å². The molecule has 1 aliphatic heterocycles. The van der Waals surface area contributed by atoms with Gasteiger partial charge < -0.3 is 15.3 Å². The number of pyridine rings is 1. The Morgan fingerprint density at radius 1 is 1.03 bits per heavy atom. The average Bonchev–Trinajstić information content (AvgIpc) is 3.26. The lowest BCUT2D eigenvalue weighted by atomic mass is 10.1. The van der Waals surface area contributed by atoms with Crippen molar-refractivity contribution in [2.75, 3.05) is 49.2 Å². The van der Waals surface area contributed by atoms with Crippen LogP contribution in [0.25, 0.3) is 16.8 Å². The Balaban J connectivity index is 1.34. The fraction of sp³-hybridized carbons (Fsp3) is 0.308. The zero-order valence-corrected chi connectivity index (χ0v) is 21.2. The van der Waals surface area contributed by atoms with Crippen LogP contribution < -0.4 is 10.2 Å². The van der Waals surface area contributed by atoms with E-state index in [4.69, 9.17) is 4.98 Å². The summed E-state index contributed by atoms with van der Waals surface area (Å²) in [5, 5.41) is 17.5. The van der Waals surface area contributed by atoms with E-state index in [1.165, 1.54) is 6.26 Å². The third-order valence-corrected chi connectivity index (χ3v) is 7.45. The van der Waals surface area contributed by atoms with Gasteiger partial charge in [-0.05, 0) is 55.0 Å². The Morgan fingerprint density at radius 3 is 2.47 bits per heavy atom. The van der Waals surface area contributed by atoms with Crippen LogP contribution in [-0.4, -0.2) is 78.1 Å². The minimum atomic E-state index is -3.25. The lowest BCUT2D eigenvalue weighted by Crippen LogP contribution is -2.48. The summed E-state index contributed by atoms with van der Waals surface area (Å²) < 4.78 is 25.3. The van der Waals surface area contributed by atoms with E-state index in [9.17, 15) is 13.5 Å². The van der Waals surface area contributed by atoms with Gasteiger partial charge >= 0.3 is 0 Å². The molecule has 0 aliphatic carbocycles. The number of piperazine rings is 1. The SMILES string of the molecule is CC(O)CN1CCN(c2cccc(Nc3nc4c(-c5ccc(S(C)(=O)=O)cc5)cccn4n3)c2)CC1. The van der Waals surface area contributed by atoms with Gasteiger partial charge in [0, 0.05) is 62.1 Å². The summed E-state index contributed by atoms with van der Waals surface area (Å²) in [7, 11) is -3.25. The van der Waals surface area contributed by atoms with Crippen LogP contribution in [0, 0.1) is 0 Å². The molecule has 1 aliphatic rings. The lowest BCUT2D eigenvalue weighted by molar-refractivity contribution is 0.123. The second-order valence-corrected chi connectivity index (χ2v) is 11.2. The van der Waals surface area contributed by atoms with Crippen LogP contribution >= 0.6 is 0 Å². The number of sulfone groups is 1. The van der Waals surface area contributed by atoms with E-state index in [1.54, 1.807) is 28.8 Å². The normalized spacial score (nSPS) is 15.8. The maximum absolute atomic E-state index is 11.8. The Hall–Kier alpha value is -3.47. The standard InChI is InChI=1S/C26H30N6O3S/c1-19(33)18-30-13-15-31(16-14-30)22-6-3-5-21(17-22)27-26-28-25-24(7-4-12-32(25)29-26)20-8-10-23(11-9-20)36(2,34)35/h3-12,17,19,33H,13-16,18H2,1-2H3,(H,27,29). The zero-order valence-electron chi connectivity index (χ0n) is 20.4. The number of β-amino-alcohol motifs (C(OH)–C–C–N with tert-alkyl or cyclic N) is 1. The first-order valence-electron chi connectivity index (χ1n) is 11.9. The molecule has 2 N–H and O–H groups in total. The van der Waals surface area contributed by atoms with Gasteiger partial charge in [0.15, 0.2) is 15.5 Å².